The number of hydrogen-bond acceptors (Lipinski definition) is 3. The molecule has 1 aliphatic heterocycles. The fourth-order valence-electron chi connectivity index (χ4n) is 4.36. The Bertz CT molecular complexity index is 313. The first-order chi connectivity index (χ1) is 9.34. The molecule has 3 heteroatoms. The highest BCUT2D eigenvalue weighted by Crippen LogP contribution is 2.39. The smallest absolute Gasteiger partial charge is 0.0255 e. The molecule has 2 rings (SSSR count). The van der Waals surface area contributed by atoms with Crippen LogP contribution in [0.2, 0.25) is 0 Å². The van der Waals surface area contributed by atoms with Crippen LogP contribution in [0.25, 0.3) is 0 Å². The van der Waals surface area contributed by atoms with Crippen LogP contribution < -0.4 is 5.32 Å². The molecule has 20 heavy (non-hydrogen) atoms. The van der Waals surface area contributed by atoms with E-state index in [0.717, 1.165) is 24.5 Å². The lowest BCUT2D eigenvalue weighted by atomic mass is 9.72. The van der Waals surface area contributed by atoms with Gasteiger partial charge in [-0.1, -0.05) is 27.7 Å². The summed E-state index contributed by atoms with van der Waals surface area (Å²) < 4.78 is 0. The Balaban J connectivity index is 2.07. The molecular weight excluding hydrogens is 246 g/mol. The number of likely N-dealkylation sites (N-methyl/N-ethyl adjacent to an activating group) is 2. The first kappa shape index (κ1) is 16.3. The second-order valence-corrected chi connectivity index (χ2v) is 8.10. The van der Waals surface area contributed by atoms with Gasteiger partial charge in [0, 0.05) is 31.2 Å². The minimum absolute atomic E-state index is 0.510. The van der Waals surface area contributed by atoms with Gasteiger partial charge in [0.2, 0.25) is 0 Å². The second-order valence-electron chi connectivity index (χ2n) is 8.10. The molecule has 2 aliphatic rings. The highest BCUT2D eigenvalue weighted by molar-refractivity contribution is 4.99. The molecule has 0 aromatic heterocycles. The number of nitrogens with zero attached hydrogens (tertiary/aromatic N) is 2. The van der Waals surface area contributed by atoms with Crippen molar-refractivity contribution in [3.63, 3.8) is 0 Å². The van der Waals surface area contributed by atoms with Gasteiger partial charge >= 0.3 is 0 Å². The first-order valence-electron chi connectivity index (χ1n) is 8.48. The predicted molar refractivity (Wildman–Crippen MR) is 87.1 cm³/mol. The average Bonchev–Trinajstić information content (AvgIpc) is 2.73. The van der Waals surface area contributed by atoms with Crippen molar-refractivity contribution in [2.45, 2.75) is 65.1 Å². The summed E-state index contributed by atoms with van der Waals surface area (Å²) in [5, 5.41) is 3.75. The lowest BCUT2D eigenvalue weighted by molar-refractivity contribution is 0.0763. The third-order valence-corrected chi connectivity index (χ3v) is 5.56. The molecule has 1 aliphatic carbocycles. The molecule has 118 valence electrons. The van der Waals surface area contributed by atoms with E-state index >= 15 is 0 Å². The summed E-state index contributed by atoms with van der Waals surface area (Å²) in [6.45, 7) is 13.2. The second kappa shape index (κ2) is 6.33. The molecule has 4 unspecified atom stereocenters. The highest BCUT2D eigenvalue weighted by atomic mass is 15.3. The summed E-state index contributed by atoms with van der Waals surface area (Å²) in [7, 11) is 4.47. The van der Waals surface area contributed by atoms with Crippen LogP contribution in [0, 0.1) is 11.3 Å². The molecule has 0 aromatic rings. The molecule has 1 saturated heterocycles. The fourth-order valence-corrected chi connectivity index (χ4v) is 4.36. The van der Waals surface area contributed by atoms with E-state index in [1.54, 1.807) is 0 Å². The Labute approximate surface area is 126 Å². The van der Waals surface area contributed by atoms with Crippen LogP contribution in [0.1, 0.15) is 47.0 Å². The standard InChI is InChI=1S/C17H35N3/c1-7-18-14-8-9-17(3,4)10-15(14)20-11-13(2)16(12-20)19(5)6/h13-16,18H,7-12H2,1-6H3. The number of nitrogens with one attached hydrogen (secondary N) is 1. The Hall–Kier alpha value is -0.120. The molecule has 0 spiro atoms. The zero-order valence-corrected chi connectivity index (χ0v) is 14.4. The van der Waals surface area contributed by atoms with Gasteiger partial charge in [0.1, 0.15) is 0 Å². The summed E-state index contributed by atoms with van der Waals surface area (Å²) >= 11 is 0. The van der Waals surface area contributed by atoms with E-state index < -0.39 is 0 Å². The van der Waals surface area contributed by atoms with E-state index in [0.29, 0.717) is 11.5 Å². The van der Waals surface area contributed by atoms with Gasteiger partial charge < -0.3 is 10.2 Å². The maximum atomic E-state index is 3.75. The van der Waals surface area contributed by atoms with E-state index in [9.17, 15) is 0 Å². The van der Waals surface area contributed by atoms with E-state index in [1.807, 2.05) is 0 Å². The zero-order valence-electron chi connectivity index (χ0n) is 14.4. The minimum Gasteiger partial charge on any atom is -0.313 e. The van der Waals surface area contributed by atoms with Crippen LogP contribution in [0.15, 0.2) is 0 Å². The molecule has 1 heterocycles. The number of likely N-dealkylation sites (tertiary alicyclic amines) is 1. The van der Waals surface area contributed by atoms with Crippen molar-refractivity contribution < 1.29 is 0 Å². The van der Waals surface area contributed by atoms with Crippen LogP contribution >= 0.6 is 0 Å². The van der Waals surface area contributed by atoms with Crippen LogP contribution in [0.5, 0.6) is 0 Å². The first-order valence-corrected chi connectivity index (χ1v) is 8.48. The fraction of sp³-hybridized carbons (Fsp3) is 1.00. The Morgan fingerprint density at radius 2 is 1.95 bits per heavy atom. The van der Waals surface area contributed by atoms with Gasteiger partial charge in [-0.25, -0.2) is 0 Å². The molecule has 0 bridgehead atoms. The lowest BCUT2D eigenvalue weighted by Crippen LogP contribution is -2.54. The highest BCUT2D eigenvalue weighted by Gasteiger charge is 2.42. The Morgan fingerprint density at radius 1 is 1.25 bits per heavy atom. The largest absolute Gasteiger partial charge is 0.313 e. The SMILES string of the molecule is CCNC1CCC(C)(C)CC1N1CC(C)C(N(C)C)C1. The third-order valence-electron chi connectivity index (χ3n) is 5.56. The molecule has 0 amide bonds. The number of rotatable bonds is 4. The average molecular weight is 281 g/mol. The predicted octanol–water partition coefficient (Wildman–Crippen LogP) is 2.43. The topological polar surface area (TPSA) is 18.5 Å². The minimum atomic E-state index is 0.510. The number of hydrogen-bond donors (Lipinski definition) is 1. The van der Waals surface area contributed by atoms with Gasteiger partial charge in [-0.3, -0.25) is 4.90 Å². The van der Waals surface area contributed by atoms with Crippen molar-refractivity contribution >= 4 is 0 Å². The van der Waals surface area contributed by atoms with E-state index in [1.165, 1.54) is 32.4 Å². The molecule has 0 radical (unpaired) electrons. The van der Waals surface area contributed by atoms with Gasteiger partial charge in [-0.15, -0.1) is 0 Å². The van der Waals surface area contributed by atoms with Crippen molar-refractivity contribution in [3.05, 3.63) is 0 Å². The lowest BCUT2D eigenvalue weighted by Gasteiger charge is -2.45. The Morgan fingerprint density at radius 3 is 2.50 bits per heavy atom. The van der Waals surface area contributed by atoms with Crippen LogP contribution in [-0.4, -0.2) is 61.7 Å². The van der Waals surface area contributed by atoms with Crippen molar-refractivity contribution in [1.82, 2.24) is 15.1 Å². The summed E-state index contributed by atoms with van der Waals surface area (Å²) in [5.41, 5.74) is 0.510. The molecule has 3 nitrogen and oxygen atoms in total. The van der Waals surface area contributed by atoms with Crippen molar-refractivity contribution in [3.8, 4) is 0 Å². The summed E-state index contributed by atoms with van der Waals surface area (Å²) in [4.78, 5) is 5.20. The van der Waals surface area contributed by atoms with Gasteiger partial charge in [0.25, 0.3) is 0 Å². The van der Waals surface area contributed by atoms with Gasteiger partial charge in [0.15, 0.2) is 0 Å². The van der Waals surface area contributed by atoms with E-state index in [2.05, 4.69) is 56.9 Å². The molecule has 1 N–H and O–H groups in total. The van der Waals surface area contributed by atoms with Crippen LogP contribution in [0.4, 0.5) is 0 Å². The van der Waals surface area contributed by atoms with Crippen LogP contribution in [0.3, 0.4) is 0 Å². The van der Waals surface area contributed by atoms with Crippen molar-refractivity contribution in [2.75, 3.05) is 33.7 Å². The normalized spacial score (nSPS) is 38.5. The molecule has 4 atom stereocenters. The summed E-state index contributed by atoms with van der Waals surface area (Å²) in [5.74, 6) is 0.789. The van der Waals surface area contributed by atoms with Crippen molar-refractivity contribution in [2.24, 2.45) is 11.3 Å². The monoisotopic (exact) mass is 281 g/mol. The molecule has 0 aromatic carbocycles. The maximum absolute atomic E-state index is 3.75. The maximum Gasteiger partial charge on any atom is 0.0255 e. The zero-order chi connectivity index (χ0) is 14.9. The summed E-state index contributed by atoms with van der Waals surface area (Å²) in [6, 6.07) is 2.15. The molecular formula is C17H35N3. The molecule has 1 saturated carbocycles. The quantitative estimate of drug-likeness (QED) is 0.854. The van der Waals surface area contributed by atoms with Gasteiger partial charge in [0.05, 0.1) is 0 Å². The van der Waals surface area contributed by atoms with E-state index in [4.69, 9.17) is 0 Å². The Kier molecular flexibility index (Phi) is 5.14. The third kappa shape index (κ3) is 3.55. The van der Waals surface area contributed by atoms with Gasteiger partial charge in [-0.2, -0.15) is 0 Å². The summed E-state index contributed by atoms with van der Waals surface area (Å²) in [6.07, 6.45) is 4.04. The van der Waals surface area contributed by atoms with Crippen molar-refractivity contribution in [1.29, 1.82) is 0 Å². The van der Waals surface area contributed by atoms with Gasteiger partial charge in [-0.05, 0) is 51.2 Å². The molecule has 2 fully saturated rings. The van der Waals surface area contributed by atoms with E-state index in [-0.39, 0.29) is 0 Å². The van der Waals surface area contributed by atoms with Crippen LogP contribution in [-0.2, 0) is 0 Å².